The van der Waals surface area contributed by atoms with Crippen LogP contribution in [0.2, 0.25) is 0 Å². The fraction of sp³-hybridized carbons (Fsp3) is 0.167. The number of aliphatic hydroxyl groups excluding tert-OH is 1. The molecule has 3 heterocycles. The summed E-state index contributed by atoms with van der Waals surface area (Å²) in [6, 6.07) is 14.2. The van der Waals surface area contributed by atoms with E-state index in [0.29, 0.717) is 6.54 Å². The van der Waals surface area contributed by atoms with Crippen LogP contribution in [0.25, 0.3) is 20.8 Å². The molecule has 0 aliphatic rings. The van der Waals surface area contributed by atoms with Crippen LogP contribution < -0.4 is 4.74 Å². The molecule has 122 valence electrons. The molecule has 4 rings (SSSR count). The third-order valence-corrected chi connectivity index (χ3v) is 5.87. The third-order valence-electron chi connectivity index (χ3n) is 3.88. The van der Waals surface area contributed by atoms with E-state index >= 15 is 0 Å². The first-order chi connectivity index (χ1) is 11.8. The van der Waals surface area contributed by atoms with E-state index in [0.717, 1.165) is 37.0 Å². The molecule has 4 nitrogen and oxygen atoms in total. The summed E-state index contributed by atoms with van der Waals surface area (Å²) in [5.41, 5.74) is 3.23. The van der Waals surface area contributed by atoms with Crippen molar-refractivity contribution in [2.45, 2.75) is 13.2 Å². The summed E-state index contributed by atoms with van der Waals surface area (Å²) in [6.07, 6.45) is 0. The average molecular weight is 356 g/mol. The molecule has 0 fully saturated rings. The molecule has 0 saturated carbocycles. The van der Waals surface area contributed by atoms with Crippen molar-refractivity contribution in [1.82, 2.24) is 9.78 Å². The van der Waals surface area contributed by atoms with Gasteiger partial charge in [0.05, 0.1) is 35.4 Å². The first kappa shape index (κ1) is 15.4. The lowest BCUT2D eigenvalue weighted by atomic mass is 10.2. The molecule has 1 N–H and O–H groups in total. The molecule has 0 saturated heterocycles. The van der Waals surface area contributed by atoms with Gasteiger partial charge in [0.1, 0.15) is 11.4 Å². The normalized spacial score (nSPS) is 11.2. The van der Waals surface area contributed by atoms with Crippen molar-refractivity contribution in [2.24, 2.45) is 0 Å². The molecule has 0 aliphatic heterocycles. The predicted molar refractivity (Wildman–Crippen MR) is 98.9 cm³/mol. The van der Waals surface area contributed by atoms with Crippen LogP contribution in [0, 0.1) is 0 Å². The summed E-state index contributed by atoms with van der Waals surface area (Å²) in [7, 11) is 1.67. The number of nitrogens with zero attached hydrogens (tertiary/aromatic N) is 2. The van der Waals surface area contributed by atoms with Gasteiger partial charge >= 0.3 is 0 Å². The Hall–Kier alpha value is -2.15. The van der Waals surface area contributed by atoms with Gasteiger partial charge in [-0.25, -0.2) is 0 Å². The molecule has 0 bridgehead atoms. The lowest BCUT2D eigenvalue weighted by Gasteiger charge is -2.05. The molecule has 0 aliphatic carbocycles. The number of fused-ring (bicyclic) bond motifs is 1. The van der Waals surface area contributed by atoms with E-state index < -0.39 is 0 Å². The number of rotatable bonds is 5. The number of aromatic nitrogens is 2. The molecule has 0 radical (unpaired) electrons. The minimum Gasteiger partial charge on any atom is -0.497 e. The first-order valence-corrected chi connectivity index (χ1v) is 9.25. The van der Waals surface area contributed by atoms with E-state index in [1.807, 2.05) is 28.9 Å². The molecule has 0 unspecified atom stereocenters. The zero-order chi connectivity index (χ0) is 16.5. The Morgan fingerprint density at radius 1 is 1.21 bits per heavy atom. The Balaban J connectivity index is 1.77. The number of thiophene rings is 2. The molecule has 3 aromatic heterocycles. The summed E-state index contributed by atoms with van der Waals surface area (Å²) in [6.45, 7) is 0.749. The van der Waals surface area contributed by atoms with Crippen LogP contribution in [-0.2, 0) is 13.2 Å². The van der Waals surface area contributed by atoms with E-state index in [1.54, 1.807) is 29.8 Å². The summed E-state index contributed by atoms with van der Waals surface area (Å²) >= 11 is 3.30. The standard InChI is InChI=1S/C18H16N2O2S2/c1-22-13-6-4-12(5-7-13)10-20-15-9-14(11-21)24-18(15)17(19-20)16-3-2-8-23-16/h2-9,21H,10-11H2,1H3. The van der Waals surface area contributed by atoms with Crippen molar-refractivity contribution in [2.75, 3.05) is 7.11 Å². The lowest BCUT2D eigenvalue weighted by molar-refractivity contribution is 0.285. The van der Waals surface area contributed by atoms with Gasteiger partial charge in [-0.2, -0.15) is 5.10 Å². The monoisotopic (exact) mass is 356 g/mol. The highest BCUT2D eigenvalue weighted by atomic mass is 32.1. The Kier molecular flexibility index (Phi) is 4.10. The smallest absolute Gasteiger partial charge is 0.120 e. The summed E-state index contributed by atoms with van der Waals surface area (Å²) in [4.78, 5) is 2.11. The van der Waals surface area contributed by atoms with E-state index in [1.165, 1.54) is 0 Å². The number of hydrogen-bond acceptors (Lipinski definition) is 5. The second-order valence-electron chi connectivity index (χ2n) is 5.42. The van der Waals surface area contributed by atoms with E-state index in [2.05, 4.69) is 23.6 Å². The summed E-state index contributed by atoms with van der Waals surface area (Å²) in [5.74, 6) is 0.849. The second kappa shape index (κ2) is 6.39. The fourth-order valence-electron chi connectivity index (χ4n) is 2.69. The maximum atomic E-state index is 9.49. The zero-order valence-electron chi connectivity index (χ0n) is 13.1. The van der Waals surface area contributed by atoms with Crippen molar-refractivity contribution in [3.05, 3.63) is 58.3 Å². The Morgan fingerprint density at radius 3 is 2.71 bits per heavy atom. The van der Waals surface area contributed by atoms with Gasteiger partial charge in [0, 0.05) is 4.88 Å². The Labute approximate surface area is 147 Å². The first-order valence-electron chi connectivity index (χ1n) is 7.55. The maximum absolute atomic E-state index is 9.49. The largest absolute Gasteiger partial charge is 0.497 e. The topological polar surface area (TPSA) is 47.3 Å². The van der Waals surface area contributed by atoms with Crippen LogP contribution in [0.4, 0.5) is 0 Å². The Morgan fingerprint density at radius 2 is 2.04 bits per heavy atom. The van der Waals surface area contributed by atoms with Gasteiger partial charge in [-0.1, -0.05) is 18.2 Å². The van der Waals surface area contributed by atoms with Crippen LogP contribution in [0.15, 0.2) is 47.8 Å². The maximum Gasteiger partial charge on any atom is 0.120 e. The molecular formula is C18H16N2O2S2. The quantitative estimate of drug-likeness (QED) is 0.577. The van der Waals surface area contributed by atoms with Crippen LogP contribution in [0.5, 0.6) is 5.75 Å². The highest BCUT2D eigenvalue weighted by molar-refractivity contribution is 7.20. The SMILES string of the molecule is COc1ccc(Cn2nc(-c3cccs3)c3sc(CO)cc32)cc1. The number of ether oxygens (including phenoxy) is 1. The van der Waals surface area contributed by atoms with Gasteiger partial charge in [0.15, 0.2) is 0 Å². The number of benzene rings is 1. The Bertz CT molecular complexity index is 953. The zero-order valence-corrected chi connectivity index (χ0v) is 14.7. The van der Waals surface area contributed by atoms with E-state index in [9.17, 15) is 5.11 Å². The van der Waals surface area contributed by atoms with Crippen molar-refractivity contribution in [1.29, 1.82) is 0 Å². The van der Waals surface area contributed by atoms with Crippen molar-refractivity contribution < 1.29 is 9.84 Å². The van der Waals surface area contributed by atoms with E-state index in [4.69, 9.17) is 9.84 Å². The predicted octanol–water partition coefficient (Wildman–Crippen LogP) is 4.38. The molecule has 4 aromatic rings. The van der Waals surface area contributed by atoms with Crippen molar-refractivity contribution in [3.8, 4) is 16.3 Å². The van der Waals surface area contributed by atoms with Crippen molar-refractivity contribution >= 4 is 32.9 Å². The molecule has 0 spiro atoms. The molecule has 1 aromatic carbocycles. The van der Waals surface area contributed by atoms with Crippen molar-refractivity contribution in [3.63, 3.8) is 0 Å². The fourth-order valence-corrected chi connectivity index (χ4v) is 4.48. The minimum atomic E-state index is 0.0613. The van der Waals surface area contributed by atoms with Gasteiger partial charge in [-0.3, -0.25) is 4.68 Å². The van der Waals surface area contributed by atoms with E-state index in [-0.39, 0.29) is 6.61 Å². The van der Waals surface area contributed by atoms with Crippen LogP contribution in [0.1, 0.15) is 10.4 Å². The number of methoxy groups -OCH3 is 1. The molecule has 24 heavy (non-hydrogen) atoms. The van der Waals surface area contributed by atoms with Gasteiger partial charge in [-0.15, -0.1) is 22.7 Å². The number of aliphatic hydroxyl groups is 1. The highest BCUT2D eigenvalue weighted by Gasteiger charge is 2.16. The highest BCUT2D eigenvalue weighted by Crippen LogP contribution is 2.36. The third kappa shape index (κ3) is 2.73. The second-order valence-corrected chi connectivity index (χ2v) is 7.50. The molecular weight excluding hydrogens is 340 g/mol. The average Bonchev–Trinajstić information content (AvgIpc) is 3.33. The van der Waals surface area contributed by atoms with Crippen LogP contribution in [-0.4, -0.2) is 22.0 Å². The van der Waals surface area contributed by atoms with Gasteiger partial charge in [0.25, 0.3) is 0 Å². The molecule has 6 heteroatoms. The molecule has 0 atom stereocenters. The minimum absolute atomic E-state index is 0.0613. The summed E-state index contributed by atoms with van der Waals surface area (Å²) in [5, 5.41) is 16.4. The van der Waals surface area contributed by atoms with Crippen LogP contribution in [0.3, 0.4) is 0 Å². The summed E-state index contributed by atoms with van der Waals surface area (Å²) < 4.78 is 8.36. The lowest BCUT2D eigenvalue weighted by Crippen LogP contribution is -2.01. The van der Waals surface area contributed by atoms with Gasteiger partial charge in [-0.05, 0) is 35.2 Å². The number of hydrogen-bond donors (Lipinski definition) is 1. The van der Waals surface area contributed by atoms with Gasteiger partial charge < -0.3 is 9.84 Å². The van der Waals surface area contributed by atoms with Gasteiger partial charge in [0.2, 0.25) is 0 Å². The molecule has 0 amide bonds. The van der Waals surface area contributed by atoms with Crippen LogP contribution >= 0.6 is 22.7 Å².